The number of hydrogen-bond donors (Lipinski definition) is 2. The largest absolute Gasteiger partial charge is 0.493 e. The second kappa shape index (κ2) is 6.19. The third-order valence-electron chi connectivity index (χ3n) is 3.58. The highest BCUT2D eigenvalue weighted by atomic mass is 19.1. The highest BCUT2D eigenvalue weighted by Crippen LogP contribution is 2.36. The van der Waals surface area contributed by atoms with Crippen LogP contribution in [0.3, 0.4) is 0 Å². The Morgan fingerprint density at radius 1 is 1.00 bits per heavy atom. The summed E-state index contributed by atoms with van der Waals surface area (Å²) in [6.45, 7) is 0. The molecule has 7 heteroatoms. The molecule has 5 nitrogen and oxygen atoms in total. The van der Waals surface area contributed by atoms with Gasteiger partial charge in [0.2, 0.25) is 0 Å². The average Bonchev–Trinajstić information content (AvgIpc) is 2.58. The van der Waals surface area contributed by atoms with Gasteiger partial charge in [0.15, 0.2) is 17.3 Å². The summed E-state index contributed by atoms with van der Waals surface area (Å²) in [5, 5.41) is 3.19. The fraction of sp³-hybridized carbons (Fsp3) is 0.118. The predicted octanol–water partition coefficient (Wildman–Crippen LogP) is 3.86. The number of nitrogen functional groups attached to an aromatic ring is 1. The number of ether oxygens (including phenoxy) is 2. The standard InChI is InChI=1S/C17H15F2N3O2/c1-23-15-6-10-14(7-16(15)24-2)21-8-12(19)17(10)22-13-4-3-9(20)5-11(13)18/h3-8H,20H2,1-2H3,(H,21,22). The van der Waals surface area contributed by atoms with Gasteiger partial charge in [-0.3, -0.25) is 4.98 Å². The third-order valence-corrected chi connectivity index (χ3v) is 3.58. The van der Waals surface area contributed by atoms with Crippen LogP contribution in [-0.4, -0.2) is 19.2 Å². The van der Waals surface area contributed by atoms with E-state index >= 15 is 0 Å². The summed E-state index contributed by atoms with van der Waals surface area (Å²) in [6, 6.07) is 7.33. The number of rotatable bonds is 4. The van der Waals surface area contributed by atoms with Crippen LogP contribution in [0.1, 0.15) is 0 Å². The second-order valence-corrected chi connectivity index (χ2v) is 5.07. The number of nitrogens with zero attached hydrogens (tertiary/aromatic N) is 1. The lowest BCUT2D eigenvalue weighted by Crippen LogP contribution is -2.00. The van der Waals surface area contributed by atoms with Crippen molar-refractivity contribution in [3.8, 4) is 11.5 Å². The molecule has 1 aromatic heterocycles. The summed E-state index contributed by atoms with van der Waals surface area (Å²) in [5.74, 6) is -0.322. The highest BCUT2D eigenvalue weighted by Gasteiger charge is 2.15. The number of nitrogens with two attached hydrogens (primary N) is 1. The minimum absolute atomic E-state index is 0.0876. The number of methoxy groups -OCH3 is 2. The molecule has 3 N–H and O–H groups in total. The van der Waals surface area contributed by atoms with Gasteiger partial charge in [-0.1, -0.05) is 0 Å². The maximum Gasteiger partial charge on any atom is 0.165 e. The maximum absolute atomic E-state index is 14.3. The van der Waals surface area contributed by atoms with Gasteiger partial charge in [0.1, 0.15) is 5.82 Å². The van der Waals surface area contributed by atoms with E-state index in [4.69, 9.17) is 15.2 Å². The number of aromatic nitrogens is 1. The first-order valence-electron chi connectivity index (χ1n) is 7.05. The summed E-state index contributed by atoms with van der Waals surface area (Å²) in [7, 11) is 2.97. The van der Waals surface area contributed by atoms with Gasteiger partial charge in [0, 0.05) is 17.1 Å². The van der Waals surface area contributed by atoms with E-state index < -0.39 is 11.6 Å². The zero-order valence-electron chi connectivity index (χ0n) is 13.1. The summed E-state index contributed by atoms with van der Waals surface area (Å²) < 4.78 is 38.7. The molecular weight excluding hydrogens is 316 g/mol. The number of nitrogens with one attached hydrogen (secondary N) is 1. The summed E-state index contributed by atoms with van der Waals surface area (Å²) in [5.41, 5.74) is 6.48. The van der Waals surface area contributed by atoms with E-state index in [0.29, 0.717) is 22.4 Å². The van der Waals surface area contributed by atoms with Crippen LogP contribution in [0.5, 0.6) is 11.5 Å². The van der Waals surface area contributed by atoms with Crippen LogP contribution in [0, 0.1) is 11.6 Å². The molecule has 0 spiro atoms. The van der Waals surface area contributed by atoms with E-state index in [2.05, 4.69) is 10.3 Å². The molecule has 1 heterocycles. The highest BCUT2D eigenvalue weighted by molar-refractivity contribution is 5.95. The van der Waals surface area contributed by atoms with Crippen molar-refractivity contribution in [2.24, 2.45) is 0 Å². The number of fused-ring (bicyclic) bond motifs is 1. The molecule has 0 radical (unpaired) electrons. The zero-order valence-corrected chi connectivity index (χ0v) is 13.1. The van der Waals surface area contributed by atoms with Crippen molar-refractivity contribution in [2.45, 2.75) is 0 Å². The quantitative estimate of drug-likeness (QED) is 0.711. The first-order chi connectivity index (χ1) is 11.5. The molecule has 0 saturated carbocycles. The summed E-state index contributed by atoms with van der Waals surface area (Å²) >= 11 is 0. The van der Waals surface area contributed by atoms with Crippen molar-refractivity contribution in [3.63, 3.8) is 0 Å². The van der Waals surface area contributed by atoms with E-state index in [0.717, 1.165) is 12.3 Å². The van der Waals surface area contributed by atoms with Gasteiger partial charge in [-0.2, -0.15) is 0 Å². The SMILES string of the molecule is COc1cc2ncc(F)c(Nc3ccc(N)cc3F)c2cc1OC. The fourth-order valence-electron chi connectivity index (χ4n) is 2.39. The lowest BCUT2D eigenvalue weighted by molar-refractivity contribution is 0.356. The first-order valence-corrected chi connectivity index (χ1v) is 7.05. The monoisotopic (exact) mass is 331 g/mol. The van der Waals surface area contributed by atoms with Crippen molar-refractivity contribution in [3.05, 3.63) is 48.2 Å². The zero-order chi connectivity index (χ0) is 17.3. The third kappa shape index (κ3) is 2.76. The van der Waals surface area contributed by atoms with Gasteiger partial charge >= 0.3 is 0 Å². The predicted molar refractivity (Wildman–Crippen MR) is 88.9 cm³/mol. The van der Waals surface area contributed by atoms with Gasteiger partial charge < -0.3 is 20.5 Å². The van der Waals surface area contributed by atoms with Crippen LogP contribution in [0.2, 0.25) is 0 Å². The molecule has 0 aliphatic heterocycles. The van der Waals surface area contributed by atoms with E-state index in [1.165, 1.54) is 26.4 Å². The lowest BCUT2D eigenvalue weighted by atomic mass is 10.1. The Labute approximate surface area is 137 Å². The van der Waals surface area contributed by atoms with Crippen LogP contribution < -0.4 is 20.5 Å². The Morgan fingerprint density at radius 2 is 1.71 bits per heavy atom. The molecule has 3 rings (SSSR count). The molecule has 0 amide bonds. The van der Waals surface area contributed by atoms with Crippen LogP contribution in [0.15, 0.2) is 36.5 Å². The van der Waals surface area contributed by atoms with Crippen LogP contribution in [-0.2, 0) is 0 Å². The molecule has 3 aromatic rings. The molecule has 0 aliphatic carbocycles. The van der Waals surface area contributed by atoms with Crippen molar-refractivity contribution in [2.75, 3.05) is 25.3 Å². The number of hydrogen-bond acceptors (Lipinski definition) is 5. The van der Waals surface area contributed by atoms with Crippen LogP contribution in [0.25, 0.3) is 10.9 Å². The molecule has 0 fully saturated rings. The fourth-order valence-corrected chi connectivity index (χ4v) is 2.39. The summed E-state index contributed by atoms with van der Waals surface area (Å²) in [4.78, 5) is 4.04. The van der Waals surface area contributed by atoms with E-state index in [1.54, 1.807) is 12.1 Å². The molecule has 124 valence electrons. The van der Waals surface area contributed by atoms with Crippen molar-refractivity contribution < 1.29 is 18.3 Å². The molecule has 24 heavy (non-hydrogen) atoms. The number of pyridine rings is 1. The van der Waals surface area contributed by atoms with Gasteiger partial charge in [0.25, 0.3) is 0 Å². The number of benzene rings is 2. The molecule has 0 aliphatic rings. The summed E-state index contributed by atoms with van der Waals surface area (Å²) in [6.07, 6.45) is 1.06. The Balaban J connectivity index is 2.17. The molecule has 0 bridgehead atoms. The van der Waals surface area contributed by atoms with E-state index in [9.17, 15) is 8.78 Å². The van der Waals surface area contributed by atoms with E-state index in [-0.39, 0.29) is 17.1 Å². The van der Waals surface area contributed by atoms with Crippen LogP contribution >= 0.6 is 0 Å². The average molecular weight is 331 g/mol. The van der Waals surface area contributed by atoms with Crippen molar-refractivity contribution >= 4 is 28.0 Å². The first kappa shape index (κ1) is 15.8. The van der Waals surface area contributed by atoms with Gasteiger partial charge in [0.05, 0.1) is 37.3 Å². The minimum atomic E-state index is -0.619. The molecule has 0 saturated heterocycles. The Morgan fingerprint density at radius 3 is 2.38 bits per heavy atom. The van der Waals surface area contributed by atoms with Crippen LogP contribution in [0.4, 0.5) is 25.8 Å². The Hall–Kier alpha value is -3.09. The van der Waals surface area contributed by atoms with Gasteiger partial charge in [-0.25, -0.2) is 8.78 Å². The van der Waals surface area contributed by atoms with Crippen molar-refractivity contribution in [1.82, 2.24) is 4.98 Å². The number of anilines is 3. The minimum Gasteiger partial charge on any atom is -0.493 e. The lowest BCUT2D eigenvalue weighted by Gasteiger charge is -2.14. The molecule has 0 atom stereocenters. The van der Waals surface area contributed by atoms with Gasteiger partial charge in [-0.05, 0) is 24.3 Å². The topological polar surface area (TPSA) is 69.4 Å². The maximum atomic E-state index is 14.3. The van der Waals surface area contributed by atoms with Gasteiger partial charge in [-0.15, -0.1) is 0 Å². The smallest absolute Gasteiger partial charge is 0.165 e. The molecule has 0 unspecified atom stereocenters. The molecule has 2 aromatic carbocycles. The second-order valence-electron chi connectivity index (χ2n) is 5.07. The molecular formula is C17H15F2N3O2. The number of halogens is 2. The Bertz CT molecular complexity index is 916. The normalized spacial score (nSPS) is 10.7. The van der Waals surface area contributed by atoms with Crippen molar-refractivity contribution in [1.29, 1.82) is 0 Å². The Kier molecular flexibility index (Phi) is 4.07. The van der Waals surface area contributed by atoms with E-state index in [1.807, 2.05) is 0 Å².